The van der Waals surface area contributed by atoms with Crippen molar-refractivity contribution in [2.45, 2.75) is 6.42 Å². The third-order valence-electron chi connectivity index (χ3n) is 1.26. The van der Waals surface area contributed by atoms with Crippen molar-refractivity contribution >= 4 is 34.8 Å². The maximum atomic E-state index is 5.75. The first-order chi connectivity index (χ1) is 5.24. The number of rotatable bonds is 2. The van der Waals surface area contributed by atoms with Crippen LogP contribution in [0.1, 0.15) is 5.56 Å². The van der Waals surface area contributed by atoms with Crippen LogP contribution in [0.5, 0.6) is 0 Å². The lowest BCUT2D eigenvalue weighted by atomic mass is 10.2. The smallest absolute Gasteiger partial charge is 0.134 e. The van der Waals surface area contributed by atoms with Gasteiger partial charge in [0.25, 0.3) is 0 Å². The molecule has 0 N–H and O–H groups in total. The number of halogens is 3. The van der Waals surface area contributed by atoms with Crippen LogP contribution in [0.3, 0.4) is 0 Å². The van der Waals surface area contributed by atoms with Crippen molar-refractivity contribution in [1.82, 2.24) is 4.98 Å². The molecule has 0 saturated heterocycles. The Morgan fingerprint density at radius 3 is 2.55 bits per heavy atom. The second-order valence-electron chi connectivity index (χ2n) is 2.02. The molecule has 0 unspecified atom stereocenters. The summed E-state index contributed by atoms with van der Waals surface area (Å²) in [5.74, 6) is 0.545. The molecule has 0 atom stereocenters. The van der Waals surface area contributed by atoms with Crippen molar-refractivity contribution < 1.29 is 0 Å². The second-order valence-corrected chi connectivity index (χ2v) is 3.15. The van der Waals surface area contributed by atoms with E-state index >= 15 is 0 Å². The molecule has 1 aromatic rings. The molecule has 1 heterocycles. The van der Waals surface area contributed by atoms with Gasteiger partial charge in [-0.15, -0.1) is 11.6 Å². The molecule has 0 spiro atoms. The average molecular weight is 210 g/mol. The maximum absolute atomic E-state index is 5.75. The molecule has 4 heteroatoms. The fourth-order valence-electron chi connectivity index (χ4n) is 0.729. The predicted molar refractivity (Wildman–Crippen MR) is 48.7 cm³/mol. The minimum atomic E-state index is 0.410. The van der Waals surface area contributed by atoms with Crippen molar-refractivity contribution in [3.05, 3.63) is 28.0 Å². The average Bonchev–Trinajstić information content (AvgIpc) is 1.95. The van der Waals surface area contributed by atoms with E-state index in [4.69, 9.17) is 34.8 Å². The molecule has 0 aromatic carbocycles. The Labute approximate surface area is 80.3 Å². The SMILES string of the molecule is ClCCc1ccc(Cl)nc1Cl. The summed E-state index contributed by atoms with van der Waals surface area (Å²) in [5.41, 5.74) is 0.936. The van der Waals surface area contributed by atoms with Gasteiger partial charge in [-0.25, -0.2) is 4.98 Å². The predicted octanol–water partition coefficient (Wildman–Crippen LogP) is 3.17. The Morgan fingerprint density at radius 2 is 2.00 bits per heavy atom. The van der Waals surface area contributed by atoms with Gasteiger partial charge in [0.2, 0.25) is 0 Å². The van der Waals surface area contributed by atoms with E-state index in [-0.39, 0.29) is 0 Å². The van der Waals surface area contributed by atoms with Crippen LogP contribution in [0.15, 0.2) is 12.1 Å². The Bertz CT molecular complexity index is 249. The molecule has 0 radical (unpaired) electrons. The molecule has 1 nitrogen and oxygen atoms in total. The van der Waals surface area contributed by atoms with Gasteiger partial charge in [-0.2, -0.15) is 0 Å². The Kier molecular flexibility index (Phi) is 3.44. The van der Waals surface area contributed by atoms with Gasteiger partial charge in [0.1, 0.15) is 10.3 Å². The zero-order valence-electron chi connectivity index (χ0n) is 5.65. The second kappa shape index (κ2) is 4.15. The van der Waals surface area contributed by atoms with Gasteiger partial charge in [-0.3, -0.25) is 0 Å². The summed E-state index contributed by atoms with van der Waals surface area (Å²) in [6.07, 6.45) is 0.727. The normalized spacial score (nSPS) is 10.1. The zero-order chi connectivity index (χ0) is 8.27. The minimum Gasteiger partial charge on any atom is -0.224 e. The van der Waals surface area contributed by atoms with Crippen LogP contribution < -0.4 is 0 Å². The number of aromatic nitrogens is 1. The molecular weight excluding hydrogens is 204 g/mol. The van der Waals surface area contributed by atoms with Crippen LogP contribution in [0.2, 0.25) is 10.3 Å². The monoisotopic (exact) mass is 209 g/mol. The molecule has 0 aliphatic rings. The van der Waals surface area contributed by atoms with Gasteiger partial charge in [0, 0.05) is 5.88 Å². The lowest BCUT2D eigenvalue weighted by Crippen LogP contribution is -1.89. The first-order valence-electron chi connectivity index (χ1n) is 3.11. The summed E-state index contributed by atoms with van der Waals surface area (Å²) in [6.45, 7) is 0. The number of alkyl halides is 1. The zero-order valence-corrected chi connectivity index (χ0v) is 7.92. The van der Waals surface area contributed by atoms with Crippen molar-refractivity contribution in [3.63, 3.8) is 0 Å². The van der Waals surface area contributed by atoms with Crippen LogP contribution in [0.25, 0.3) is 0 Å². The summed E-state index contributed by atoms with van der Waals surface area (Å²) >= 11 is 16.9. The van der Waals surface area contributed by atoms with E-state index in [2.05, 4.69) is 4.98 Å². The number of aryl methyl sites for hydroxylation is 1. The lowest BCUT2D eigenvalue weighted by molar-refractivity contribution is 1.11. The summed E-state index contributed by atoms with van der Waals surface area (Å²) in [7, 11) is 0. The van der Waals surface area contributed by atoms with E-state index in [0.717, 1.165) is 12.0 Å². The van der Waals surface area contributed by atoms with Crippen LogP contribution in [-0.4, -0.2) is 10.9 Å². The fraction of sp³-hybridized carbons (Fsp3) is 0.286. The van der Waals surface area contributed by atoms with E-state index in [0.29, 0.717) is 16.2 Å². The van der Waals surface area contributed by atoms with E-state index in [1.165, 1.54) is 0 Å². The topological polar surface area (TPSA) is 12.9 Å². The van der Waals surface area contributed by atoms with Crippen molar-refractivity contribution in [2.75, 3.05) is 5.88 Å². The Morgan fingerprint density at radius 1 is 1.27 bits per heavy atom. The molecule has 1 rings (SSSR count). The summed E-state index contributed by atoms with van der Waals surface area (Å²) in [5, 5.41) is 0.853. The molecule has 0 aliphatic carbocycles. The summed E-state index contributed by atoms with van der Waals surface area (Å²) < 4.78 is 0. The van der Waals surface area contributed by atoms with Crippen LogP contribution in [0.4, 0.5) is 0 Å². The molecule has 0 amide bonds. The van der Waals surface area contributed by atoms with Gasteiger partial charge in [0.05, 0.1) is 0 Å². The van der Waals surface area contributed by atoms with E-state index in [1.54, 1.807) is 6.07 Å². The molecule has 0 fully saturated rings. The van der Waals surface area contributed by atoms with Crippen LogP contribution in [-0.2, 0) is 6.42 Å². The van der Waals surface area contributed by atoms with Gasteiger partial charge in [-0.1, -0.05) is 29.3 Å². The largest absolute Gasteiger partial charge is 0.224 e. The van der Waals surface area contributed by atoms with Crippen molar-refractivity contribution in [1.29, 1.82) is 0 Å². The van der Waals surface area contributed by atoms with Crippen LogP contribution >= 0.6 is 34.8 Å². The quantitative estimate of drug-likeness (QED) is 0.540. The number of pyridine rings is 1. The summed E-state index contributed by atoms with van der Waals surface area (Å²) in [4.78, 5) is 3.86. The van der Waals surface area contributed by atoms with Gasteiger partial charge < -0.3 is 0 Å². The number of hydrogen-bond donors (Lipinski definition) is 0. The molecular formula is C7H6Cl3N. The van der Waals surface area contributed by atoms with Crippen LogP contribution in [0, 0.1) is 0 Å². The fourth-order valence-corrected chi connectivity index (χ4v) is 1.37. The Hall–Kier alpha value is 0.0200. The summed E-state index contributed by atoms with van der Waals surface area (Å²) in [6, 6.07) is 3.54. The standard InChI is InChI=1S/C7H6Cl3N/c8-4-3-5-1-2-6(9)11-7(5)10/h1-2H,3-4H2. The van der Waals surface area contributed by atoms with Gasteiger partial charge in [-0.05, 0) is 18.1 Å². The number of nitrogens with zero attached hydrogens (tertiary/aromatic N) is 1. The van der Waals surface area contributed by atoms with Gasteiger partial charge in [0.15, 0.2) is 0 Å². The highest BCUT2D eigenvalue weighted by molar-refractivity contribution is 6.32. The molecule has 11 heavy (non-hydrogen) atoms. The van der Waals surface area contributed by atoms with Crippen molar-refractivity contribution in [2.24, 2.45) is 0 Å². The van der Waals surface area contributed by atoms with E-state index in [9.17, 15) is 0 Å². The molecule has 0 saturated carbocycles. The highest BCUT2D eigenvalue weighted by Crippen LogP contribution is 2.17. The maximum Gasteiger partial charge on any atom is 0.134 e. The first-order valence-corrected chi connectivity index (χ1v) is 4.40. The highest BCUT2D eigenvalue weighted by atomic mass is 35.5. The third-order valence-corrected chi connectivity index (χ3v) is 1.98. The molecule has 1 aromatic heterocycles. The Balaban J connectivity index is 2.90. The highest BCUT2D eigenvalue weighted by Gasteiger charge is 2.00. The third kappa shape index (κ3) is 2.51. The molecule has 60 valence electrons. The number of hydrogen-bond acceptors (Lipinski definition) is 1. The molecule has 0 aliphatic heterocycles. The minimum absolute atomic E-state index is 0.410. The molecule has 0 bridgehead atoms. The van der Waals surface area contributed by atoms with Crippen molar-refractivity contribution in [3.8, 4) is 0 Å². The van der Waals surface area contributed by atoms with E-state index in [1.807, 2.05) is 6.07 Å². The van der Waals surface area contributed by atoms with Gasteiger partial charge >= 0.3 is 0 Å². The van der Waals surface area contributed by atoms with E-state index < -0.39 is 0 Å². The lowest BCUT2D eigenvalue weighted by Gasteiger charge is -1.99. The first kappa shape index (κ1) is 9.11.